The van der Waals surface area contributed by atoms with Crippen LogP contribution in [0.5, 0.6) is 0 Å². The minimum atomic E-state index is -0.0835. The summed E-state index contributed by atoms with van der Waals surface area (Å²) in [5.41, 5.74) is 2.62. The van der Waals surface area contributed by atoms with Crippen molar-refractivity contribution in [1.29, 1.82) is 0 Å². The number of benzene rings is 1. The molecule has 3 rings (SSSR count). The first kappa shape index (κ1) is 21.0. The van der Waals surface area contributed by atoms with Gasteiger partial charge in [0.25, 0.3) is 5.91 Å². The lowest BCUT2D eigenvalue weighted by molar-refractivity contribution is -0.132. The van der Waals surface area contributed by atoms with E-state index in [0.717, 1.165) is 31.5 Å². The van der Waals surface area contributed by atoms with Crippen LogP contribution in [0.2, 0.25) is 0 Å². The number of hydrogen-bond acceptors (Lipinski definition) is 4. The van der Waals surface area contributed by atoms with Gasteiger partial charge in [0.05, 0.1) is 12.6 Å². The molecule has 0 N–H and O–H groups in total. The van der Waals surface area contributed by atoms with Crippen molar-refractivity contribution in [3.05, 3.63) is 47.3 Å². The number of amides is 2. The normalized spacial score (nSPS) is 16.7. The number of aryl methyl sites for hydroxylation is 1. The van der Waals surface area contributed by atoms with E-state index in [1.807, 2.05) is 43.9 Å². The Morgan fingerprint density at radius 1 is 1.24 bits per heavy atom. The number of likely N-dealkylation sites (tertiary alicyclic amines) is 1. The van der Waals surface area contributed by atoms with Gasteiger partial charge in [-0.15, -0.1) is 5.10 Å². The number of carbonyl (C=O) groups is 2. The average Bonchev–Trinajstić information content (AvgIpc) is 3.17. The fourth-order valence-corrected chi connectivity index (χ4v) is 3.97. The Labute approximate surface area is 172 Å². The van der Waals surface area contributed by atoms with Crippen LogP contribution in [0, 0.1) is 12.8 Å². The number of carbonyl (C=O) groups excluding carboxylic acids is 2. The third-order valence-corrected chi connectivity index (χ3v) is 5.56. The lowest BCUT2D eigenvalue weighted by atomic mass is 9.97. The fraction of sp³-hybridized carbons (Fsp3) is 0.545. The van der Waals surface area contributed by atoms with Crippen molar-refractivity contribution in [2.45, 2.75) is 46.6 Å². The summed E-state index contributed by atoms with van der Waals surface area (Å²) in [7, 11) is 0. The standard InChI is InChI=1S/C22H31N5O2/c1-4-25(5-2)22(29)20-16-27(24-23-20)15-19-10-7-11-26(14-19)21(28)13-18-9-6-8-17(3)12-18/h6,8-9,12,16,19H,4-5,7,10-11,13-15H2,1-3H3/t19-/m1/s1. The van der Waals surface area contributed by atoms with E-state index >= 15 is 0 Å². The summed E-state index contributed by atoms with van der Waals surface area (Å²) in [4.78, 5) is 28.9. The van der Waals surface area contributed by atoms with Gasteiger partial charge in [0.15, 0.2) is 5.69 Å². The molecule has 1 aromatic heterocycles. The zero-order valence-electron chi connectivity index (χ0n) is 17.7. The van der Waals surface area contributed by atoms with Gasteiger partial charge in [-0.05, 0) is 45.1 Å². The molecule has 0 unspecified atom stereocenters. The lowest BCUT2D eigenvalue weighted by Crippen LogP contribution is -2.41. The van der Waals surface area contributed by atoms with Crippen LogP contribution in [-0.2, 0) is 17.8 Å². The van der Waals surface area contributed by atoms with Crippen LogP contribution < -0.4 is 0 Å². The van der Waals surface area contributed by atoms with E-state index in [9.17, 15) is 9.59 Å². The molecule has 1 aliphatic heterocycles. The maximum Gasteiger partial charge on any atom is 0.276 e. The van der Waals surface area contributed by atoms with Crippen LogP contribution in [0.4, 0.5) is 0 Å². The zero-order valence-corrected chi connectivity index (χ0v) is 17.7. The highest BCUT2D eigenvalue weighted by Crippen LogP contribution is 2.19. The summed E-state index contributed by atoms with van der Waals surface area (Å²) in [6, 6.07) is 8.13. The van der Waals surface area contributed by atoms with E-state index in [1.165, 1.54) is 5.56 Å². The van der Waals surface area contributed by atoms with Gasteiger partial charge < -0.3 is 9.80 Å². The molecule has 7 nitrogen and oxygen atoms in total. The van der Waals surface area contributed by atoms with Crippen molar-refractivity contribution in [1.82, 2.24) is 24.8 Å². The Hall–Kier alpha value is -2.70. The molecule has 0 aliphatic carbocycles. The van der Waals surface area contributed by atoms with Gasteiger partial charge in [-0.25, -0.2) is 0 Å². The van der Waals surface area contributed by atoms with Crippen molar-refractivity contribution < 1.29 is 9.59 Å². The molecular formula is C22H31N5O2. The highest BCUT2D eigenvalue weighted by atomic mass is 16.2. The summed E-state index contributed by atoms with van der Waals surface area (Å²) in [5.74, 6) is 0.416. The summed E-state index contributed by atoms with van der Waals surface area (Å²) in [6.07, 6.45) is 4.21. The molecule has 2 amide bonds. The highest BCUT2D eigenvalue weighted by molar-refractivity contribution is 5.91. The summed E-state index contributed by atoms with van der Waals surface area (Å²) >= 11 is 0. The number of nitrogens with zero attached hydrogens (tertiary/aromatic N) is 5. The zero-order chi connectivity index (χ0) is 20.8. The average molecular weight is 398 g/mol. The molecular weight excluding hydrogens is 366 g/mol. The molecule has 1 aliphatic rings. The largest absolute Gasteiger partial charge is 0.342 e. The number of aromatic nitrogens is 3. The van der Waals surface area contributed by atoms with Crippen LogP contribution in [-0.4, -0.2) is 62.8 Å². The van der Waals surface area contributed by atoms with Gasteiger partial charge >= 0.3 is 0 Å². The van der Waals surface area contributed by atoms with Crippen molar-refractivity contribution in [3.63, 3.8) is 0 Å². The van der Waals surface area contributed by atoms with Crippen LogP contribution in [0.1, 0.15) is 48.3 Å². The molecule has 156 valence electrons. The minimum absolute atomic E-state index is 0.0835. The molecule has 1 aromatic carbocycles. The first-order chi connectivity index (χ1) is 14.0. The summed E-state index contributed by atoms with van der Waals surface area (Å²) in [5, 5.41) is 8.20. The van der Waals surface area contributed by atoms with Crippen LogP contribution >= 0.6 is 0 Å². The molecule has 0 bridgehead atoms. The Bertz CT molecular complexity index is 843. The van der Waals surface area contributed by atoms with Gasteiger partial charge in [-0.2, -0.15) is 0 Å². The van der Waals surface area contributed by atoms with Crippen molar-refractivity contribution in [2.75, 3.05) is 26.2 Å². The minimum Gasteiger partial charge on any atom is -0.342 e. The van der Waals surface area contributed by atoms with Gasteiger partial charge in [0.2, 0.25) is 5.91 Å². The molecule has 0 saturated carbocycles. The van der Waals surface area contributed by atoms with Crippen molar-refractivity contribution >= 4 is 11.8 Å². The predicted molar refractivity (Wildman–Crippen MR) is 111 cm³/mol. The van der Waals surface area contributed by atoms with Gasteiger partial charge in [-0.3, -0.25) is 14.3 Å². The number of hydrogen-bond donors (Lipinski definition) is 0. The van der Waals surface area contributed by atoms with Gasteiger partial charge in [-0.1, -0.05) is 35.0 Å². The first-order valence-corrected chi connectivity index (χ1v) is 10.5. The third kappa shape index (κ3) is 5.43. The monoisotopic (exact) mass is 397 g/mol. The highest BCUT2D eigenvalue weighted by Gasteiger charge is 2.25. The second kappa shape index (κ2) is 9.67. The third-order valence-electron chi connectivity index (χ3n) is 5.56. The predicted octanol–water partition coefficient (Wildman–Crippen LogP) is 2.55. The van der Waals surface area contributed by atoms with Gasteiger partial charge in [0, 0.05) is 32.7 Å². The summed E-state index contributed by atoms with van der Waals surface area (Å²) < 4.78 is 1.75. The second-order valence-electron chi connectivity index (χ2n) is 7.82. The molecule has 2 heterocycles. The van der Waals surface area contributed by atoms with Crippen LogP contribution in [0.3, 0.4) is 0 Å². The molecule has 0 spiro atoms. The SMILES string of the molecule is CCN(CC)C(=O)c1cn(C[C@@H]2CCCN(C(=O)Cc3cccc(C)c3)C2)nn1. The Morgan fingerprint density at radius 2 is 2.03 bits per heavy atom. The lowest BCUT2D eigenvalue weighted by Gasteiger charge is -2.32. The first-order valence-electron chi connectivity index (χ1n) is 10.5. The molecule has 1 saturated heterocycles. The molecule has 29 heavy (non-hydrogen) atoms. The molecule has 2 aromatic rings. The fourth-order valence-electron chi connectivity index (χ4n) is 3.97. The molecule has 7 heteroatoms. The van der Waals surface area contributed by atoms with E-state index in [1.54, 1.807) is 15.8 Å². The molecule has 1 fully saturated rings. The van der Waals surface area contributed by atoms with E-state index in [4.69, 9.17) is 0 Å². The van der Waals surface area contributed by atoms with Crippen molar-refractivity contribution in [3.8, 4) is 0 Å². The Morgan fingerprint density at radius 3 is 2.76 bits per heavy atom. The summed E-state index contributed by atoms with van der Waals surface area (Å²) in [6.45, 7) is 9.47. The van der Waals surface area contributed by atoms with Crippen molar-refractivity contribution in [2.24, 2.45) is 5.92 Å². The Balaban J connectivity index is 1.57. The Kier molecular flexibility index (Phi) is 7.01. The molecule has 0 radical (unpaired) electrons. The topological polar surface area (TPSA) is 71.3 Å². The molecule has 1 atom stereocenters. The smallest absolute Gasteiger partial charge is 0.276 e. The number of piperidine rings is 1. The van der Waals surface area contributed by atoms with Crippen LogP contribution in [0.15, 0.2) is 30.5 Å². The maximum atomic E-state index is 12.8. The number of rotatable bonds is 7. The van der Waals surface area contributed by atoms with Gasteiger partial charge in [0.1, 0.15) is 0 Å². The van der Waals surface area contributed by atoms with E-state index < -0.39 is 0 Å². The second-order valence-corrected chi connectivity index (χ2v) is 7.82. The quantitative estimate of drug-likeness (QED) is 0.720. The van der Waals surface area contributed by atoms with E-state index in [0.29, 0.717) is 37.7 Å². The van der Waals surface area contributed by atoms with E-state index in [-0.39, 0.29) is 11.8 Å². The van der Waals surface area contributed by atoms with Crippen LogP contribution in [0.25, 0.3) is 0 Å². The van der Waals surface area contributed by atoms with E-state index in [2.05, 4.69) is 16.4 Å². The maximum absolute atomic E-state index is 12.8.